The predicted molar refractivity (Wildman–Crippen MR) is 42.3 cm³/mol. The Kier molecular flexibility index (Phi) is 1.98. The first-order chi connectivity index (χ1) is 3.93. The summed E-state index contributed by atoms with van der Waals surface area (Å²) in [6, 6.07) is 0. The minimum Gasteiger partial charge on any atom is -0.210 e. The maximum absolute atomic E-state index is 3.67. The molecule has 1 aliphatic heterocycles. The zero-order valence-corrected chi connectivity index (χ0v) is 5.64. The Morgan fingerprint density at radius 2 is 2.00 bits per heavy atom. The van der Waals surface area contributed by atoms with Crippen molar-refractivity contribution in [2.45, 2.75) is 0 Å². The summed E-state index contributed by atoms with van der Waals surface area (Å²) in [7, 11) is 0.0756. The van der Waals surface area contributed by atoms with Gasteiger partial charge in [-0.15, -0.1) is 6.58 Å². The molecule has 0 saturated carbocycles. The topological polar surface area (TPSA) is 0 Å². The molecule has 0 aliphatic carbocycles. The fourth-order valence-electron chi connectivity index (χ4n) is 0.641. The SMILES string of the molecule is C=CC[SH]1C=CC=C1. The summed E-state index contributed by atoms with van der Waals surface area (Å²) in [6.07, 6.45) is 6.19. The van der Waals surface area contributed by atoms with Crippen molar-refractivity contribution in [1.82, 2.24) is 0 Å². The highest BCUT2D eigenvalue weighted by atomic mass is 32.2. The predicted octanol–water partition coefficient (Wildman–Crippen LogP) is 2.21. The fraction of sp³-hybridized carbons (Fsp3) is 0.143. The molecule has 0 N–H and O–H groups in total. The Bertz CT molecular complexity index is 121. The molecule has 1 heteroatoms. The summed E-state index contributed by atoms with van der Waals surface area (Å²) in [5.74, 6) is 1.14. The van der Waals surface area contributed by atoms with Crippen molar-refractivity contribution in [2.75, 3.05) is 5.75 Å². The lowest BCUT2D eigenvalue weighted by Crippen LogP contribution is -1.70. The van der Waals surface area contributed by atoms with E-state index in [-0.39, 0.29) is 10.9 Å². The molecule has 0 aromatic heterocycles. The molecule has 1 aliphatic rings. The third-order valence-corrected chi connectivity index (χ3v) is 2.80. The minimum absolute atomic E-state index is 0.0756. The average molecular weight is 126 g/mol. The van der Waals surface area contributed by atoms with Crippen LogP contribution in [0.4, 0.5) is 0 Å². The summed E-state index contributed by atoms with van der Waals surface area (Å²) < 4.78 is 0. The maximum Gasteiger partial charge on any atom is -0.000711 e. The van der Waals surface area contributed by atoms with Gasteiger partial charge in [0, 0.05) is 0 Å². The number of thiol groups is 1. The van der Waals surface area contributed by atoms with Crippen molar-refractivity contribution in [3.05, 3.63) is 35.6 Å². The van der Waals surface area contributed by atoms with Crippen LogP contribution in [-0.4, -0.2) is 5.75 Å². The Hall–Kier alpha value is -0.430. The molecular formula is C7H10S. The molecule has 0 amide bonds. The van der Waals surface area contributed by atoms with Gasteiger partial charge in [0.1, 0.15) is 0 Å². The van der Waals surface area contributed by atoms with Crippen LogP contribution in [0.15, 0.2) is 35.6 Å². The van der Waals surface area contributed by atoms with Gasteiger partial charge in [-0.2, -0.15) is 0 Å². The molecule has 0 radical (unpaired) electrons. The van der Waals surface area contributed by atoms with Gasteiger partial charge in [0.25, 0.3) is 0 Å². The van der Waals surface area contributed by atoms with Gasteiger partial charge < -0.3 is 0 Å². The highest BCUT2D eigenvalue weighted by molar-refractivity contribution is 8.22. The van der Waals surface area contributed by atoms with Crippen LogP contribution in [0.3, 0.4) is 0 Å². The van der Waals surface area contributed by atoms with Crippen LogP contribution in [0.1, 0.15) is 0 Å². The van der Waals surface area contributed by atoms with E-state index in [1.165, 1.54) is 0 Å². The van der Waals surface area contributed by atoms with E-state index >= 15 is 0 Å². The maximum atomic E-state index is 3.67. The highest BCUT2D eigenvalue weighted by Crippen LogP contribution is 2.31. The lowest BCUT2D eigenvalue weighted by atomic mass is 10.6. The van der Waals surface area contributed by atoms with E-state index in [0.29, 0.717) is 0 Å². The van der Waals surface area contributed by atoms with E-state index in [9.17, 15) is 0 Å². The lowest BCUT2D eigenvalue weighted by Gasteiger charge is -2.02. The molecule has 1 heterocycles. The summed E-state index contributed by atoms with van der Waals surface area (Å²) in [5.41, 5.74) is 0. The first-order valence-electron chi connectivity index (χ1n) is 2.65. The quantitative estimate of drug-likeness (QED) is 0.425. The van der Waals surface area contributed by atoms with Crippen molar-refractivity contribution in [3.8, 4) is 0 Å². The van der Waals surface area contributed by atoms with E-state index in [1.54, 1.807) is 0 Å². The third-order valence-electron chi connectivity index (χ3n) is 1.01. The van der Waals surface area contributed by atoms with E-state index in [2.05, 4.69) is 29.5 Å². The van der Waals surface area contributed by atoms with Crippen molar-refractivity contribution in [1.29, 1.82) is 0 Å². The molecule has 44 valence electrons. The summed E-state index contributed by atoms with van der Waals surface area (Å²) in [5, 5.41) is 4.49. The second-order valence-electron chi connectivity index (χ2n) is 1.67. The van der Waals surface area contributed by atoms with Crippen LogP contribution in [-0.2, 0) is 0 Å². The Morgan fingerprint density at radius 3 is 2.50 bits per heavy atom. The summed E-state index contributed by atoms with van der Waals surface area (Å²) in [4.78, 5) is 0. The second kappa shape index (κ2) is 2.78. The molecule has 8 heavy (non-hydrogen) atoms. The summed E-state index contributed by atoms with van der Waals surface area (Å²) >= 11 is 0. The molecule has 0 spiro atoms. The second-order valence-corrected chi connectivity index (χ2v) is 3.66. The third kappa shape index (κ3) is 1.27. The molecule has 0 unspecified atom stereocenters. The zero-order valence-electron chi connectivity index (χ0n) is 4.75. The Labute approximate surface area is 52.9 Å². The summed E-state index contributed by atoms with van der Waals surface area (Å²) in [6.45, 7) is 3.67. The highest BCUT2D eigenvalue weighted by Gasteiger charge is 1.92. The number of hydrogen-bond acceptors (Lipinski definition) is 0. The van der Waals surface area contributed by atoms with Crippen LogP contribution in [0.25, 0.3) is 0 Å². The van der Waals surface area contributed by atoms with Crippen molar-refractivity contribution >= 4 is 10.9 Å². The minimum atomic E-state index is 0.0756. The van der Waals surface area contributed by atoms with Crippen molar-refractivity contribution in [2.24, 2.45) is 0 Å². The first kappa shape index (κ1) is 5.70. The van der Waals surface area contributed by atoms with Gasteiger partial charge in [0.2, 0.25) is 0 Å². The van der Waals surface area contributed by atoms with Crippen LogP contribution < -0.4 is 0 Å². The molecule has 0 aromatic carbocycles. The fourth-order valence-corrected chi connectivity index (χ4v) is 1.92. The molecule has 1 rings (SSSR count). The monoisotopic (exact) mass is 126 g/mol. The van der Waals surface area contributed by atoms with E-state index in [4.69, 9.17) is 0 Å². The molecule has 0 aromatic rings. The molecule has 0 fully saturated rings. The van der Waals surface area contributed by atoms with Crippen LogP contribution in [0, 0.1) is 0 Å². The van der Waals surface area contributed by atoms with Crippen LogP contribution >= 0.6 is 10.9 Å². The van der Waals surface area contributed by atoms with E-state index in [1.807, 2.05) is 6.08 Å². The number of allylic oxidation sites excluding steroid dienone is 2. The number of rotatable bonds is 2. The Morgan fingerprint density at radius 1 is 1.38 bits per heavy atom. The molecule has 0 atom stereocenters. The van der Waals surface area contributed by atoms with Crippen molar-refractivity contribution < 1.29 is 0 Å². The van der Waals surface area contributed by atoms with Gasteiger partial charge in [-0.25, -0.2) is 10.9 Å². The molecular weight excluding hydrogens is 116 g/mol. The molecule has 0 saturated heterocycles. The smallest absolute Gasteiger partial charge is 0.000711 e. The molecule has 0 bridgehead atoms. The van der Waals surface area contributed by atoms with E-state index < -0.39 is 0 Å². The van der Waals surface area contributed by atoms with Gasteiger partial charge in [-0.05, 0) is 16.6 Å². The van der Waals surface area contributed by atoms with Gasteiger partial charge in [-0.1, -0.05) is 18.2 Å². The number of hydrogen-bond donors (Lipinski definition) is 1. The standard InChI is InChI=1S/C7H10S/c1-2-5-8-6-3-4-7-8/h2-4,6-8H,1,5H2. The van der Waals surface area contributed by atoms with Gasteiger partial charge in [-0.3, -0.25) is 0 Å². The van der Waals surface area contributed by atoms with Gasteiger partial charge in [0.15, 0.2) is 0 Å². The lowest BCUT2D eigenvalue weighted by molar-refractivity contribution is 1.82. The molecule has 0 nitrogen and oxygen atoms in total. The van der Waals surface area contributed by atoms with Gasteiger partial charge >= 0.3 is 0 Å². The van der Waals surface area contributed by atoms with Crippen LogP contribution in [0.5, 0.6) is 0 Å². The van der Waals surface area contributed by atoms with E-state index in [0.717, 1.165) is 5.75 Å². The average Bonchev–Trinajstić information content (AvgIpc) is 2.19. The van der Waals surface area contributed by atoms with Crippen LogP contribution in [0.2, 0.25) is 0 Å². The Balaban J connectivity index is 2.37. The zero-order chi connectivity index (χ0) is 5.82. The first-order valence-corrected chi connectivity index (χ1v) is 4.31. The normalized spacial score (nSPS) is 19.8. The van der Waals surface area contributed by atoms with Crippen molar-refractivity contribution in [3.63, 3.8) is 0 Å². The van der Waals surface area contributed by atoms with Gasteiger partial charge in [0.05, 0.1) is 0 Å². The largest absolute Gasteiger partial charge is 0.210 e.